The first-order valence-electron chi connectivity index (χ1n) is 4.68. The Labute approximate surface area is 97.5 Å². The third-order valence-corrected chi connectivity index (χ3v) is 2.96. The van der Waals surface area contributed by atoms with Crippen molar-refractivity contribution >= 4 is 28.4 Å². The number of fused-ring (bicyclic) bond motifs is 1. The van der Waals surface area contributed by atoms with Gasteiger partial charge in [0.05, 0.1) is 17.6 Å². The lowest BCUT2D eigenvalue weighted by molar-refractivity contribution is 0.0993. The normalized spacial score (nSPS) is 10.7. The van der Waals surface area contributed by atoms with E-state index in [0.29, 0.717) is 16.5 Å². The fourth-order valence-electron chi connectivity index (χ4n) is 1.78. The number of methoxy groups -OCH3 is 1. The lowest BCUT2D eigenvalue weighted by atomic mass is 10.2. The van der Waals surface area contributed by atoms with Crippen molar-refractivity contribution in [2.75, 3.05) is 7.11 Å². The highest BCUT2D eigenvalue weighted by Crippen LogP contribution is 2.32. The van der Waals surface area contributed by atoms with Gasteiger partial charge in [-0.25, -0.2) is 0 Å². The lowest BCUT2D eigenvalue weighted by Crippen LogP contribution is -2.15. The summed E-state index contributed by atoms with van der Waals surface area (Å²) in [4.78, 5) is 11.3. The number of halogens is 1. The number of carbonyl (C=O) groups is 1. The summed E-state index contributed by atoms with van der Waals surface area (Å²) >= 11 is 6.11. The molecule has 0 aliphatic heterocycles. The molecule has 0 aliphatic carbocycles. The topological polar surface area (TPSA) is 57.2 Å². The van der Waals surface area contributed by atoms with E-state index < -0.39 is 5.91 Å². The predicted molar refractivity (Wildman–Crippen MR) is 63.0 cm³/mol. The molecule has 2 rings (SSSR count). The Morgan fingerprint density at radius 1 is 1.50 bits per heavy atom. The number of hydrogen-bond acceptors (Lipinski definition) is 2. The SMILES string of the molecule is COc1ccc2c(c1)c(Cl)c(C(N)=O)n2C. The molecule has 0 radical (unpaired) electrons. The highest BCUT2D eigenvalue weighted by Gasteiger charge is 2.17. The zero-order chi connectivity index (χ0) is 11.9. The monoisotopic (exact) mass is 238 g/mol. The zero-order valence-corrected chi connectivity index (χ0v) is 9.71. The number of ether oxygens (including phenoxy) is 1. The van der Waals surface area contributed by atoms with Gasteiger partial charge in [0.2, 0.25) is 0 Å². The van der Waals surface area contributed by atoms with Gasteiger partial charge in [-0.1, -0.05) is 11.6 Å². The number of amides is 1. The number of benzene rings is 1. The molecule has 2 aromatic rings. The average molecular weight is 239 g/mol. The first-order valence-corrected chi connectivity index (χ1v) is 5.05. The number of aromatic nitrogens is 1. The summed E-state index contributed by atoms with van der Waals surface area (Å²) in [7, 11) is 3.33. The Hall–Kier alpha value is -1.68. The van der Waals surface area contributed by atoms with Crippen LogP contribution in [0.25, 0.3) is 10.9 Å². The van der Waals surface area contributed by atoms with E-state index in [-0.39, 0.29) is 0 Å². The van der Waals surface area contributed by atoms with Gasteiger partial charge in [0.1, 0.15) is 11.4 Å². The van der Waals surface area contributed by atoms with E-state index in [9.17, 15) is 4.79 Å². The van der Waals surface area contributed by atoms with Crippen LogP contribution in [-0.2, 0) is 7.05 Å². The van der Waals surface area contributed by atoms with Gasteiger partial charge >= 0.3 is 0 Å². The third kappa shape index (κ3) is 1.42. The van der Waals surface area contributed by atoms with Crippen molar-refractivity contribution in [3.05, 3.63) is 28.9 Å². The summed E-state index contributed by atoms with van der Waals surface area (Å²) in [6.45, 7) is 0. The Morgan fingerprint density at radius 3 is 2.75 bits per heavy atom. The Balaban J connectivity index is 2.83. The number of rotatable bonds is 2. The molecule has 0 unspecified atom stereocenters. The van der Waals surface area contributed by atoms with Crippen LogP contribution in [0, 0.1) is 0 Å². The quantitative estimate of drug-likeness (QED) is 0.869. The van der Waals surface area contributed by atoms with Gasteiger partial charge in [0, 0.05) is 12.4 Å². The highest BCUT2D eigenvalue weighted by atomic mass is 35.5. The van der Waals surface area contributed by atoms with Crippen LogP contribution >= 0.6 is 11.6 Å². The summed E-state index contributed by atoms with van der Waals surface area (Å²) in [6.07, 6.45) is 0. The number of primary amides is 1. The highest BCUT2D eigenvalue weighted by molar-refractivity contribution is 6.38. The van der Waals surface area contributed by atoms with E-state index in [4.69, 9.17) is 22.1 Å². The van der Waals surface area contributed by atoms with Crippen molar-refractivity contribution in [3.8, 4) is 5.75 Å². The van der Waals surface area contributed by atoms with Gasteiger partial charge in [-0.05, 0) is 18.2 Å². The van der Waals surface area contributed by atoms with Crippen molar-refractivity contribution in [1.29, 1.82) is 0 Å². The Kier molecular flexibility index (Phi) is 2.52. The van der Waals surface area contributed by atoms with Crippen LogP contribution in [0.5, 0.6) is 5.75 Å². The maximum atomic E-state index is 11.3. The molecule has 0 spiro atoms. The molecule has 0 saturated heterocycles. The first kappa shape index (κ1) is 10.8. The van der Waals surface area contributed by atoms with E-state index in [1.165, 1.54) is 0 Å². The minimum atomic E-state index is -0.539. The van der Waals surface area contributed by atoms with Crippen molar-refractivity contribution in [1.82, 2.24) is 4.57 Å². The molecule has 0 bridgehead atoms. The lowest BCUT2D eigenvalue weighted by Gasteiger charge is -2.01. The molecule has 2 N–H and O–H groups in total. The molecule has 1 heterocycles. The second-order valence-corrected chi connectivity index (χ2v) is 3.85. The van der Waals surface area contributed by atoms with Crippen LogP contribution in [0.2, 0.25) is 5.02 Å². The molecule has 4 nitrogen and oxygen atoms in total. The largest absolute Gasteiger partial charge is 0.497 e. The summed E-state index contributed by atoms with van der Waals surface area (Å²) in [6, 6.07) is 5.43. The second-order valence-electron chi connectivity index (χ2n) is 3.47. The number of nitrogens with zero attached hydrogens (tertiary/aromatic N) is 1. The third-order valence-electron chi connectivity index (χ3n) is 2.58. The van der Waals surface area contributed by atoms with E-state index >= 15 is 0 Å². The Bertz CT molecular complexity index is 575. The number of aryl methyl sites for hydroxylation is 1. The second kappa shape index (κ2) is 3.72. The van der Waals surface area contributed by atoms with Crippen LogP contribution in [0.15, 0.2) is 18.2 Å². The van der Waals surface area contributed by atoms with Gasteiger partial charge in [0.15, 0.2) is 0 Å². The predicted octanol–water partition coefficient (Wildman–Crippen LogP) is 1.94. The van der Waals surface area contributed by atoms with Gasteiger partial charge in [-0.15, -0.1) is 0 Å². The summed E-state index contributed by atoms with van der Waals surface area (Å²) in [5, 5.41) is 1.13. The van der Waals surface area contributed by atoms with Crippen LogP contribution < -0.4 is 10.5 Å². The molecule has 1 aromatic heterocycles. The molecular formula is C11H11ClN2O2. The minimum absolute atomic E-state index is 0.310. The fraction of sp³-hybridized carbons (Fsp3) is 0.182. The standard InChI is InChI=1S/C11H11ClN2O2/c1-14-8-4-3-6(16-2)5-7(8)9(12)10(14)11(13)15/h3-5H,1-2H3,(H2,13,15). The van der Waals surface area contributed by atoms with E-state index in [2.05, 4.69) is 0 Å². The van der Waals surface area contributed by atoms with Crippen LogP contribution in [-0.4, -0.2) is 17.6 Å². The maximum absolute atomic E-state index is 11.3. The molecule has 0 fully saturated rings. The van der Waals surface area contributed by atoms with Crippen LogP contribution in [0.3, 0.4) is 0 Å². The minimum Gasteiger partial charge on any atom is -0.497 e. The molecule has 1 amide bonds. The van der Waals surface area contributed by atoms with Gasteiger partial charge < -0.3 is 15.0 Å². The molecular weight excluding hydrogens is 228 g/mol. The first-order chi connectivity index (χ1) is 7.56. The van der Waals surface area contributed by atoms with Crippen molar-refractivity contribution in [3.63, 3.8) is 0 Å². The Morgan fingerprint density at radius 2 is 2.19 bits per heavy atom. The van der Waals surface area contributed by atoms with E-state index in [0.717, 1.165) is 10.9 Å². The number of carbonyl (C=O) groups excluding carboxylic acids is 1. The van der Waals surface area contributed by atoms with Crippen molar-refractivity contribution in [2.24, 2.45) is 12.8 Å². The smallest absolute Gasteiger partial charge is 0.266 e. The number of nitrogens with two attached hydrogens (primary N) is 1. The molecule has 0 atom stereocenters. The van der Waals surface area contributed by atoms with Gasteiger partial charge in [-0.2, -0.15) is 0 Å². The van der Waals surface area contributed by atoms with Crippen molar-refractivity contribution in [2.45, 2.75) is 0 Å². The molecule has 0 saturated carbocycles. The van der Waals surface area contributed by atoms with E-state index in [1.54, 1.807) is 24.8 Å². The molecule has 1 aromatic carbocycles. The summed E-state index contributed by atoms with van der Waals surface area (Å²) < 4.78 is 6.78. The van der Waals surface area contributed by atoms with Gasteiger partial charge in [0.25, 0.3) is 5.91 Å². The summed E-state index contributed by atoms with van der Waals surface area (Å²) in [5.41, 5.74) is 6.43. The molecule has 84 valence electrons. The number of hydrogen-bond donors (Lipinski definition) is 1. The summed E-state index contributed by atoms with van der Waals surface area (Å²) in [5.74, 6) is 0.152. The maximum Gasteiger partial charge on any atom is 0.266 e. The molecule has 16 heavy (non-hydrogen) atoms. The van der Waals surface area contributed by atoms with E-state index in [1.807, 2.05) is 12.1 Å². The molecule has 0 aliphatic rings. The van der Waals surface area contributed by atoms with Crippen LogP contribution in [0.4, 0.5) is 0 Å². The molecule has 5 heteroatoms. The fourth-order valence-corrected chi connectivity index (χ4v) is 2.15. The van der Waals surface area contributed by atoms with Crippen molar-refractivity contribution < 1.29 is 9.53 Å². The average Bonchev–Trinajstić information content (AvgIpc) is 2.51. The van der Waals surface area contributed by atoms with Crippen LogP contribution in [0.1, 0.15) is 10.5 Å². The van der Waals surface area contributed by atoms with Gasteiger partial charge in [-0.3, -0.25) is 4.79 Å². The zero-order valence-electron chi connectivity index (χ0n) is 8.95.